The van der Waals surface area contributed by atoms with Crippen LogP contribution < -0.4 is 0 Å². The van der Waals surface area contributed by atoms with Gasteiger partial charge in [-0.1, -0.05) is 148 Å². The van der Waals surface area contributed by atoms with E-state index in [0.29, 0.717) is 5.92 Å². The van der Waals surface area contributed by atoms with Crippen LogP contribution in [0, 0.1) is 40.4 Å². The number of hydrogen-bond acceptors (Lipinski definition) is 0. The smallest absolute Gasteiger partial charge is 0.0113 e. The molecule has 0 heterocycles. The van der Waals surface area contributed by atoms with E-state index in [0.717, 1.165) is 30.1 Å². The Labute approximate surface area is 308 Å². The molecule has 48 heavy (non-hydrogen) atoms. The van der Waals surface area contributed by atoms with Crippen molar-refractivity contribution in [3.63, 3.8) is 0 Å². The maximum absolute atomic E-state index is 2.69. The van der Waals surface area contributed by atoms with Gasteiger partial charge in [-0.05, 0) is 136 Å². The van der Waals surface area contributed by atoms with E-state index in [2.05, 4.69) is 155 Å². The van der Waals surface area contributed by atoms with Crippen LogP contribution in [0.4, 0.5) is 0 Å². The lowest BCUT2D eigenvalue weighted by molar-refractivity contribution is 0.203. The van der Waals surface area contributed by atoms with Crippen LogP contribution >= 0.6 is 20.7 Å². The van der Waals surface area contributed by atoms with Crippen LogP contribution in [0.3, 0.4) is 0 Å². The fourth-order valence-corrected chi connectivity index (χ4v) is 10.1. The monoisotopic (exact) mass is 764 g/mol. The molecule has 6 atom stereocenters. The molecule has 0 aliphatic heterocycles. The van der Waals surface area contributed by atoms with Gasteiger partial charge in [0.15, 0.2) is 0 Å². The second-order valence-corrected chi connectivity index (χ2v) is 19.8. The minimum Gasteiger partial charge on any atom is -0.122 e. The predicted octanol–water partition coefficient (Wildman–Crippen LogP) is 14.9. The molecule has 1 heteroatoms. The van der Waals surface area contributed by atoms with E-state index in [4.69, 9.17) is 0 Å². The lowest BCUT2D eigenvalue weighted by Gasteiger charge is -2.46. The fraction of sp³-hybridized carbons (Fsp3) is 0.638. The molecule has 0 radical (unpaired) electrons. The quantitative estimate of drug-likeness (QED) is 0.0855. The van der Waals surface area contributed by atoms with Gasteiger partial charge in [-0.25, -0.2) is 0 Å². The number of rotatable bonds is 17. The van der Waals surface area contributed by atoms with Crippen molar-refractivity contribution in [2.45, 2.75) is 146 Å². The normalized spacial score (nSPS) is 23.2. The number of alkyl halides is 1. The summed E-state index contributed by atoms with van der Waals surface area (Å²) in [4.78, 5) is 2.36. The van der Waals surface area contributed by atoms with E-state index in [1.807, 2.05) is 0 Å². The van der Waals surface area contributed by atoms with Gasteiger partial charge in [0.1, 0.15) is 0 Å². The van der Waals surface area contributed by atoms with Gasteiger partial charge in [0, 0.05) is 5.41 Å². The first-order valence-electron chi connectivity index (χ1n) is 19.5. The van der Waals surface area contributed by atoms with Gasteiger partial charge in [-0.3, -0.25) is 0 Å². The Balaban J connectivity index is 1.81. The van der Waals surface area contributed by atoms with Crippen molar-refractivity contribution in [2.75, 3.05) is 4.93 Å². The zero-order valence-electron chi connectivity index (χ0n) is 33.5. The molecule has 0 saturated heterocycles. The summed E-state index contributed by atoms with van der Waals surface area (Å²) in [5.74, 6) is 3.77. The van der Waals surface area contributed by atoms with Crippen molar-refractivity contribution >= 4 is 29.8 Å². The van der Waals surface area contributed by atoms with E-state index in [-0.39, 0.29) is 37.0 Å². The van der Waals surface area contributed by atoms with Gasteiger partial charge < -0.3 is 0 Å². The lowest BCUT2D eigenvalue weighted by Crippen LogP contribution is -2.34. The Morgan fingerprint density at radius 2 is 1.52 bits per heavy atom. The van der Waals surface area contributed by atoms with Crippen LogP contribution in [0.25, 0.3) is 5.57 Å². The Morgan fingerprint density at radius 3 is 2.08 bits per heavy atom. The minimum absolute atomic E-state index is 0.0287. The number of benzene rings is 2. The first-order chi connectivity index (χ1) is 22.6. The molecule has 2 aromatic carbocycles. The maximum Gasteiger partial charge on any atom is 0.0113 e. The van der Waals surface area contributed by atoms with Crippen LogP contribution in [-0.2, 0) is 5.41 Å². The second kappa shape index (κ2) is 18.1. The van der Waals surface area contributed by atoms with Gasteiger partial charge in [0.05, 0.1) is 0 Å². The van der Waals surface area contributed by atoms with E-state index in [9.17, 15) is 0 Å². The number of hydrogen-bond donors (Lipinski definition) is 0. The minimum atomic E-state index is 0.0287. The molecular formula is C47H73I. The molecule has 0 aromatic heterocycles. The van der Waals surface area contributed by atoms with Gasteiger partial charge in [-0.15, -0.1) is 20.7 Å². The highest BCUT2D eigenvalue weighted by Crippen LogP contribution is 2.55. The summed E-state index contributed by atoms with van der Waals surface area (Å²) >= 11 is 0.140. The molecule has 0 fully saturated rings. The van der Waals surface area contributed by atoms with Crippen LogP contribution in [0.2, 0.25) is 0 Å². The average Bonchev–Trinajstić information content (AvgIpc) is 3.07. The van der Waals surface area contributed by atoms with Gasteiger partial charge >= 0.3 is 0 Å². The molecule has 0 amide bonds. The maximum atomic E-state index is 2.69. The summed E-state index contributed by atoms with van der Waals surface area (Å²) in [7, 11) is 0. The Bertz CT molecular complexity index is 1360. The van der Waals surface area contributed by atoms with E-state index < -0.39 is 0 Å². The lowest BCUT2D eigenvalue weighted by atomic mass is 9.58. The summed E-state index contributed by atoms with van der Waals surface area (Å²) in [6, 6.07) is 21.1. The average molecular weight is 765 g/mol. The highest BCUT2D eigenvalue weighted by Gasteiger charge is 2.42. The van der Waals surface area contributed by atoms with Crippen molar-refractivity contribution in [3.05, 3.63) is 89.0 Å². The topological polar surface area (TPSA) is 0 Å². The molecule has 0 bridgehead atoms. The summed E-state index contributed by atoms with van der Waals surface area (Å²) in [6.45, 7) is 29.5. The molecule has 1 aliphatic rings. The van der Waals surface area contributed by atoms with Crippen molar-refractivity contribution < 1.29 is 0 Å². The molecule has 0 nitrogen and oxygen atoms in total. The SMILES string of the molecule is CCC(CC[C@@H](C)[C@@H](C)[C@@H](C)CC(C)C)(C[C@@H](C)CC/C=C1/C(C)(C)C(c2ccc(C(C)=IC)cc2)=CC[C@]1(C)CC)c1ccccc1. The molecule has 268 valence electrons. The number of halogens is 1. The van der Waals surface area contributed by atoms with Crippen molar-refractivity contribution in [2.24, 2.45) is 40.4 Å². The summed E-state index contributed by atoms with van der Waals surface area (Å²) in [5, 5.41) is 0. The van der Waals surface area contributed by atoms with Crippen molar-refractivity contribution in [3.8, 4) is 0 Å². The zero-order valence-corrected chi connectivity index (χ0v) is 35.6. The molecular weight excluding hydrogens is 691 g/mol. The first-order valence-corrected chi connectivity index (χ1v) is 22.8. The van der Waals surface area contributed by atoms with Crippen LogP contribution in [0.5, 0.6) is 0 Å². The van der Waals surface area contributed by atoms with Gasteiger partial charge in [0.25, 0.3) is 0 Å². The largest absolute Gasteiger partial charge is 0.122 e. The van der Waals surface area contributed by atoms with Gasteiger partial charge in [-0.2, -0.15) is 0 Å². The standard InChI is InChI=1S/C47H73I/c1-14-46(12)30-29-43(41-26-24-40(25-27-41)39(9)48-13)45(10,11)44(46)23-19-20-35(5)33-47(15-2,42-21-17-16-18-22-42)31-28-36(6)38(8)37(7)32-34(3)4/h16-18,21-27,29,34-38H,14-15,19-20,28,30-33H2,1-13H3/b44-23-/t35-,36+,37-,38+,46-,47?/m0/s1. The Hall–Kier alpha value is -1.48. The van der Waals surface area contributed by atoms with Crippen molar-refractivity contribution in [1.29, 1.82) is 0 Å². The Morgan fingerprint density at radius 1 is 0.875 bits per heavy atom. The van der Waals surface area contributed by atoms with Crippen molar-refractivity contribution in [1.82, 2.24) is 0 Å². The van der Waals surface area contributed by atoms with Crippen LogP contribution in [-0.4, -0.2) is 8.44 Å². The third-order valence-corrected chi connectivity index (χ3v) is 15.2. The molecule has 0 saturated carbocycles. The summed E-state index contributed by atoms with van der Waals surface area (Å²) in [6.07, 6.45) is 16.5. The highest BCUT2D eigenvalue weighted by atomic mass is 127. The molecule has 1 unspecified atom stereocenters. The predicted molar refractivity (Wildman–Crippen MR) is 227 cm³/mol. The molecule has 0 spiro atoms. The Kier molecular flexibility index (Phi) is 15.5. The summed E-state index contributed by atoms with van der Waals surface area (Å²) < 4.78 is 1.57. The molecule has 0 N–H and O–H groups in total. The molecule has 2 aromatic rings. The van der Waals surface area contributed by atoms with E-state index in [1.54, 1.807) is 14.6 Å². The summed E-state index contributed by atoms with van der Waals surface area (Å²) in [5.41, 5.74) is 8.08. The highest BCUT2D eigenvalue weighted by molar-refractivity contribution is 14.2. The molecule has 3 rings (SSSR count). The second-order valence-electron chi connectivity index (χ2n) is 17.1. The molecule has 1 aliphatic carbocycles. The van der Waals surface area contributed by atoms with Crippen LogP contribution in [0.15, 0.2) is 72.3 Å². The van der Waals surface area contributed by atoms with E-state index in [1.165, 1.54) is 68.1 Å². The third kappa shape index (κ3) is 10.1. The first kappa shape index (κ1) is 40.9. The van der Waals surface area contributed by atoms with E-state index >= 15 is 0 Å². The van der Waals surface area contributed by atoms with Gasteiger partial charge in [0.2, 0.25) is 0 Å². The van der Waals surface area contributed by atoms with Crippen LogP contribution in [0.1, 0.15) is 158 Å². The zero-order chi connectivity index (χ0) is 35.7. The third-order valence-electron chi connectivity index (χ3n) is 12.9. The number of allylic oxidation sites excluding steroid dienone is 4. The fourth-order valence-electron chi connectivity index (χ4n) is 9.14.